The van der Waals surface area contributed by atoms with Crippen molar-refractivity contribution in [3.63, 3.8) is 0 Å². The van der Waals surface area contributed by atoms with Crippen molar-refractivity contribution >= 4 is 35.3 Å². The topological polar surface area (TPSA) is 78.5 Å². The first-order valence-electron chi connectivity index (χ1n) is 9.08. The van der Waals surface area contributed by atoms with Crippen LogP contribution in [-0.4, -0.2) is 20.2 Å². The fourth-order valence-electron chi connectivity index (χ4n) is 2.70. The summed E-state index contributed by atoms with van der Waals surface area (Å²) in [4.78, 5) is 9.09. The van der Waals surface area contributed by atoms with Crippen molar-refractivity contribution in [2.75, 3.05) is 10.6 Å². The Bertz CT molecular complexity index is 1120. The molecule has 0 aliphatic heterocycles. The molecule has 0 saturated carbocycles. The lowest BCUT2D eigenvalue weighted by Crippen LogP contribution is -2.02. The van der Waals surface area contributed by atoms with Crippen LogP contribution >= 0.6 is 0 Å². The third-order valence-corrected chi connectivity index (χ3v) is 4.05. The van der Waals surface area contributed by atoms with Gasteiger partial charge < -0.3 is 10.6 Å². The third kappa shape index (κ3) is 5.04. The number of rotatable bonds is 6. The molecule has 0 saturated heterocycles. The Morgan fingerprint density at radius 1 is 0.828 bits per heavy atom. The normalized spacial score (nSPS) is 11.0. The Morgan fingerprint density at radius 3 is 2.24 bits per heavy atom. The summed E-state index contributed by atoms with van der Waals surface area (Å²) < 4.78 is 13.2. The van der Waals surface area contributed by atoms with Gasteiger partial charge >= 0.3 is 0 Å². The molecule has 0 aliphatic carbocycles. The van der Waals surface area contributed by atoms with Crippen molar-refractivity contribution in [1.29, 1.82) is 0 Å². The summed E-state index contributed by atoms with van der Waals surface area (Å²) in [6, 6.07) is 19.7. The van der Waals surface area contributed by atoms with E-state index in [9.17, 15) is 4.39 Å². The molecule has 2 aromatic heterocycles. The Labute approximate surface area is 167 Å². The summed E-state index contributed by atoms with van der Waals surface area (Å²) in [6.07, 6.45) is 3.78. The molecule has 29 heavy (non-hydrogen) atoms. The molecule has 0 radical (unpaired) electrons. The summed E-state index contributed by atoms with van der Waals surface area (Å²) in [5.41, 5.74) is 2.71. The highest BCUT2D eigenvalue weighted by Gasteiger charge is 2.06. The number of hydrogen-bond acceptors (Lipinski definition) is 5. The van der Waals surface area contributed by atoms with Crippen LogP contribution in [0.3, 0.4) is 0 Å². The van der Waals surface area contributed by atoms with Gasteiger partial charge in [-0.05, 0) is 42.8 Å². The number of aryl methyl sites for hydroxylation is 1. The highest BCUT2D eigenvalue weighted by atomic mass is 19.1. The number of aromatic amines is 1. The molecule has 2 aromatic carbocycles. The molecule has 3 N–H and O–H groups in total. The van der Waals surface area contributed by atoms with E-state index in [2.05, 4.69) is 30.8 Å². The molecule has 0 atom stereocenters. The van der Waals surface area contributed by atoms with Crippen molar-refractivity contribution < 1.29 is 4.39 Å². The molecule has 4 aromatic rings. The van der Waals surface area contributed by atoms with Crippen LogP contribution in [0.5, 0.6) is 0 Å². The van der Waals surface area contributed by atoms with E-state index < -0.39 is 0 Å². The largest absolute Gasteiger partial charge is 0.340 e. The van der Waals surface area contributed by atoms with Gasteiger partial charge in [0.1, 0.15) is 17.5 Å². The van der Waals surface area contributed by atoms with E-state index in [1.807, 2.05) is 55.5 Å². The van der Waals surface area contributed by atoms with Crippen LogP contribution in [0, 0.1) is 12.7 Å². The predicted octanol–water partition coefficient (Wildman–Crippen LogP) is 5.30. The van der Waals surface area contributed by atoms with Crippen molar-refractivity contribution in [2.24, 2.45) is 0 Å². The van der Waals surface area contributed by atoms with Crippen LogP contribution in [0.25, 0.3) is 12.2 Å². The molecule has 4 rings (SSSR count). The SMILES string of the molecule is Cc1cc(Nc2cc(Nc3ccc(F)cc3)nc(C=Cc3ccccc3)n2)n[nH]1. The maximum absolute atomic E-state index is 13.2. The first kappa shape index (κ1) is 18.4. The van der Waals surface area contributed by atoms with Crippen LogP contribution < -0.4 is 10.6 Å². The molecule has 0 unspecified atom stereocenters. The quantitative estimate of drug-likeness (QED) is 0.419. The van der Waals surface area contributed by atoms with E-state index in [-0.39, 0.29) is 5.82 Å². The van der Waals surface area contributed by atoms with Gasteiger partial charge in [-0.15, -0.1) is 0 Å². The second kappa shape index (κ2) is 8.35. The zero-order chi connectivity index (χ0) is 20.1. The molecule has 144 valence electrons. The summed E-state index contributed by atoms with van der Waals surface area (Å²) in [7, 11) is 0. The van der Waals surface area contributed by atoms with Crippen molar-refractivity contribution in [3.05, 3.63) is 89.6 Å². The highest BCUT2D eigenvalue weighted by Crippen LogP contribution is 2.21. The fourth-order valence-corrected chi connectivity index (χ4v) is 2.70. The zero-order valence-corrected chi connectivity index (χ0v) is 15.7. The average molecular weight is 386 g/mol. The zero-order valence-electron chi connectivity index (χ0n) is 15.7. The van der Waals surface area contributed by atoms with Gasteiger partial charge in [0.2, 0.25) is 0 Å². The molecule has 2 heterocycles. The molecule has 0 amide bonds. The number of nitrogens with zero attached hydrogens (tertiary/aromatic N) is 3. The molecule has 0 aliphatic rings. The predicted molar refractivity (Wildman–Crippen MR) is 114 cm³/mol. The van der Waals surface area contributed by atoms with E-state index in [4.69, 9.17) is 0 Å². The van der Waals surface area contributed by atoms with E-state index in [0.717, 1.165) is 16.9 Å². The Morgan fingerprint density at radius 2 is 1.55 bits per heavy atom. The number of aromatic nitrogens is 4. The standard InChI is InChI=1S/C22H19FN6/c1-15-13-22(29-28-15)27-21-14-20(24-18-10-8-17(23)9-11-18)25-19(26-21)12-7-16-5-3-2-4-6-16/h2-14H,1H3,(H3,24,25,26,27,28,29). The molecular weight excluding hydrogens is 367 g/mol. The van der Waals surface area contributed by atoms with E-state index in [1.165, 1.54) is 12.1 Å². The van der Waals surface area contributed by atoms with Gasteiger partial charge in [0.15, 0.2) is 11.6 Å². The molecular formula is C22H19FN6. The molecule has 7 heteroatoms. The van der Waals surface area contributed by atoms with Gasteiger partial charge in [-0.1, -0.05) is 36.4 Å². The molecule has 0 bridgehead atoms. The van der Waals surface area contributed by atoms with Gasteiger partial charge in [-0.2, -0.15) is 5.10 Å². The Balaban J connectivity index is 1.64. The van der Waals surface area contributed by atoms with Gasteiger partial charge in [0, 0.05) is 23.5 Å². The van der Waals surface area contributed by atoms with Crippen LogP contribution in [-0.2, 0) is 0 Å². The molecule has 6 nitrogen and oxygen atoms in total. The Hall–Kier alpha value is -4.00. The fraction of sp³-hybridized carbons (Fsp3) is 0.0455. The van der Waals surface area contributed by atoms with E-state index in [1.54, 1.807) is 18.2 Å². The number of benzene rings is 2. The summed E-state index contributed by atoms with van der Waals surface area (Å²) in [5.74, 6) is 2.06. The van der Waals surface area contributed by atoms with Gasteiger partial charge in [0.05, 0.1) is 0 Å². The van der Waals surface area contributed by atoms with Crippen LogP contribution in [0.4, 0.5) is 27.5 Å². The summed E-state index contributed by atoms with van der Waals surface area (Å²) in [5, 5.41) is 13.4. The second-order valence-corrected chi connectivity index (χ2v) is 6.43. The first-order valence-corrected chi connectivity index (χ1v) is 9.08. The monoisotopic (exact) mass is 386 g/mol. The lowest BCUT2D eigenvalue weighted by molar-refractivity contribution is 0.628. The number of H-pyrrole nitrogens is 1. The van der Waals surface area contributed by atoms with Gasteiger partial charge in [-0.3, -0.25) is 5.10 Å². The minimum atomic E-state index is -0.291. The molecule has 0 fully saturated rings. The van der Waals surface area contributed by atoms with Crippen molar-refractivity contribution in [3.8, 4) is 0 Å². The minimum absolute atomic E-state index is 0.291. The second-order valence-electron chi connectivity index (χ2n) is 6.43. The minimum Gasteiger partial charge on any atom is -0.340 e. The van der Waals surface area contributed by atoms with Crippen LogP contribution in [0.2, 0.25) is 0 Å². The maximum Gasteiger partial charge on any atom is 0.156 e. The first-order chi connectivity index (χ1) is 14.1. The summed E-state index contributed by atoms with van der Waals surface area (Å²) >= 11 is 0. The van der Waals surface area contributed by atoms with E-state index >= 15 is 0 Å². The van der Waals surface area contributed by atoms with Crippen molar-refractivity contribution in [2.45, 2.75) is 6.92 Å². The molecule has 0 spiro atoms. The number of anilines is 4. The number of hydrogen-bond donors (Lipinski definition) is 3. The highest BCUT2D eigenvalue weighted by molar-refractivity contribution is 5.69. The van der Waals surface area contributed by atoms with E-state index in [0.29, 0.717) is 23.3 Å². The smallest absolute Gasteiger partial charge is 0.156 e. The maximum atomic E-state index is 13.2. The van der Waals surface area contributed by atoms with Crippen LogP contribution in [0.1, 0.15) is 17.1 Å². The number of nitrogens with one attached hydrogen (secondary N) is 3. The Kier molecular flexibility index (Phi) is 5.29. The lowest BCUT2D eigenvalue weighted by atomic mass is 10.2. The third-order valence-electron chi connectivity index (χ3n) is 4.05. The van der Waals surface area contributed by atoms with Crippen LogP contribution in [0.15, 0.2) is 66.7 Å². The van der Waals surface area contributed by atoms with Gasteiger partial charge in [0.25, 0.3) is 0 Å². The average Bonchev–Trinajstić information content (AvgIpc) is 3.13. The summed E-state index contributed by atoms with van der Waals surface area (Å²) in [6.45, 7) is 1.92. The lowest BCUT2D eigenvalue weighted by Gasteiger charge is -2.09. The van der Waals surface area contributed by atoms with Crippen molar-refractivity contribution in [1.82, 2.24) is 20.2 Å². The van der Waals surface area contributed by atoms with Gasteiger partial charge in [-0.25, -0.2) is 14.4 Å². The number of halogens is 1.